The predicted molar refractivity (Wildman–Crippen MR) is 37.8 cm³/mol. The molecule has 0 aliphatic carbocycles. The van der Waals surface area contributed by atoms with E-state index in [2.05, 4.69) is 10.3 Å². The zero-order valence-electron chi connectivity index (χ0n) is 5.77. The maximum Gasteiger partial charge on any atom is 0.276 e. The summed E-state index contributed by atoms with van der Waals surface area (Å²) in [5, 5.41) is 11.6. The van der Waals surface area contributed by atoms with Gasteiger partial charge in [0.2, 0.25) is 0 Å². The predicted octanol–water partition coefficient (Wildman–Crippen LogP) is -0.224. The molecule has 0 bridgehead atoms. The lowest BCUT2D eigenvalue weighted by molar-refractivity contribution is 0.0902. The summed E-state index contributed by atoms with van der Waals surface area (Å²) in [4.78, 5) is 14.6. The molecule has 4 heteroatoms. The van der Waals surface area contributed by atoms with Crippen molar-refractivity contribution in [3.05, 3.63) is 30.1 Å². The minimum absolute atomic E-state index is 0.390. The molecule has 0 fully saturated rings. The SMILES string of the molecule is O=C([N]CO)c1cccnc1. The summed E-state index contributed by atoms with van der Waals surface area (Å²) >= 11 is 0. The zero-order chi connectivity index (χ0) is 8.10. The molecule has 1 rings (SSSR count). The summed E-state index contributed by atoms with van der Waals surface area (Å²) in [5.41, 5.74) is 0.390. The van der Waals surface area contributed by atoms with Crippen molar-refractivity contribution in [2.75, 3.05) is 6.73 Å². The molecule has 4 nitrogen and oxygen atoms in total. The molecule has 1 N–H and O–H groups in total. The topological polar surface area (TPSA) is 64.3 Å². The van der Waals surface area contributed by atoms with Crippen LogP contribution in [0, 0.1) is 0 Å². The fourth-order valence-electron chi connectivity index (χ4n) is 0.645. The Bertz CT molecular complexity index is 235. The Balaban J connectivity index is 2.69. The highest BCUT2D eigenvalue weighted by Gasteiger charge is 2.03. The van der Waals surface area contributed by atoms with Gasteiger partial charge in [-0.05, 0) is 12.1 Å². The number of aromatic nitrogens is 1. The van der Waals surface area contributed by atoms with Crippen LogP contribution >= 0.6 is 0 Å². The second-order valence-electron chi connectivity index (χ2n) is 1.85. The number of amides is 1. The molecule has 0 spiro atoms. The van der Waals surface area contributed by atoms with Crippen molar-refractivity contribution < 1.29 is 9.90 Å². The number of aliphatic hydroxyl groups is 1. The molecule has 0 unspecified atom stereocenters. The third-order valence-corrected chi connectivity index (χ3v) is 1.12. The van der Waals surface area contributed by atoms with Crippen LogP contribution in [0.5, 0.6) is 0 Å². The van der Waals surface area contributed by atoms with Crippen LogP contribution in [-0.2, 0) is 0 Å². The molecule has 1 heterocycles. The van der Waals surface area contributed by atoms with Crippen LogP contribution in [-0.4, -0.2) is 22.7 Å². The van der Waals surface area contributed by atoms with Gasteiger partial charge in [-0.15, -0.1) is 0 Å². The van der Waals surface area contributed by atoms with E-state index >= 15 is 0 Å². The van der Waals surface area contributed by atoms with Crippen LogP contribution in [0.2, 0.25) is 0 Å². The highest BCUT2D eigenvalue weighted by molar-refractivity contribution is 5.93. The fraction of sp³-hybridized carbons (Fsp3) is 0.143. The van der Waals surface area contributed by atoms with Crippen molar-refractivity contribution in [1.82, 2.24) is 10.3 Å². The molecule has 57 valence electrons. The molecule has 0 atom stereocenters. The van der Waals surface area contributed by atoms with Crippen LogP contribution in [0.25, 0.3) is 0 Å². The molecular formula is C7H7N2O2. The molecule has 1 aromatic heterocycles. The van der Waals surface area contributed by atoms with Crippen LogP contribution in [0.3, 0.4) is 0 Å². The van der Waals surface area contributed by atoms with E-state index in [0.717, 1.165) is 0 Å². The first-order valence-electron chi connectivity index (χ1n) is 3.07. The Kier molecular flexibility index (Phi) is 2.57. The maximum atomic E-state index is 10.9. The molecule has 0 saturated heterocycles. The van der Waals surface area contributed by atoms with Crippen LogP contribution in [0.15, 0.2) is 24.5 Å². The van der Waals surface area contributed by atoms with E-state index in [9.17, 15) is 4.79 Å². The fourth-order valence-corrected chi connectivity index (χ4v) is 0.645. The van der Waals surface area contributed by atoms with Crippen molar-refractivity contribution in [2.24, 2.45) is 0 Å². The number of rotatable bonds is 2. The molecule has 1 radical (unpaired) electrons. The van der Waals surface area contributed by atoms with Gasteiger partial charge in [0.1, 0.15) is 6.73 Å². The first-order valence-corrected chi connectivity index (χ1v) is 3.07. The summed E-state index contributed by atoms with van der Waals surface area (Å²) in [6, 6.07) is 3.23. The van der Waals surface area contributed by atoms with Gasteiger partial charge in [-0.1, -0.05) is 0 Å². The third kappa shape index (κ3) is 2.01. The van der Waals surface area contributed by atoms with Gasteiger partial charge in [0.25, 0.3) is 5.91 Å². The molecule has 0 aliphatic rings. The van der Waals surface area contributed by atoms with Gasteiger partial charge in [-0.2, -0.15) is 0 Å². The molecular weight excluding hydrogens is 144 g/mol. The number of hydrogen-bond acceptors (Lipinski definition) is 3. The summed E-state index contributed by atoms with van der Waals surface area (Å²) in [7, 11) is 0. The van der Waals surface area contributed by atoms with Crippen molar-refractivity contribution in [3.63, 3.8) is 0 Å². The molecule has 0 saturated carbocycles. The summed E-state index contributed by atoms with van der Waals surface area (Å²) < 4.78 is 0. The molecule has 1 aromatic rings. The minimum Gasteiger partial charge on any atom is -0.374 e. The van der Waals surface area contributed by atoms with Crippen molar-refractivity contribution in [3.8, 4) is 0 Å². The van der Waals surface area contributed by atoms with Gasteiger partial charge in [-0.25, -0.2) is 5.32 Å². The summed E-state index contributed by atoms with van der Waals surface area (Å²) in [5.74, 6) is -0.444. The zero-order valence-corrected chi connectivity index (χ0v) is 5.77. The lowest BCUT2D eigenvalue weighted by atomic mass is 10.3. The van der Waals surface area contributed by atoms with E-state index in [0.29, 0.717) is 5.56 Å². The normalized spacial score (nSPS) is 9.18. The van der Waals surface area contributed by atoms with Crippen LogP contribution in [0.4, 0.5) is 0 Å². The Morgan fingerprint density at radius 2 is 2.55 bits per heavy atom. The Hall–Kier alpha value is -1.42. The van der Waals surface area contributed by atoms with Crippen LogP contribution in [0.1, 0.15) is 10.4 Å². The van der Waals surface area contributed by atoms with E-state index < -0.39 is 12.6 Å². The first kappa shape index (κ1) is 7.68. The van der Waals surface area contributed by atoms with E-state index in [1.807, 2.05) is 0 Å². The van der Waals surface area contributed by atoms with E-state index in [4.69, 9.17) is 5.11 Å². The largest absolute Gasteiger partial charge is 0.374 e. The number of aliphatic hydroxyl groups excluding tert-OH is 1. The Labute approximate surface area is 63.9 Å². The van der Waals surface area contributed by atoms with Crippen molar-refractivity contribution in [2.45, 2.75) is 0 Å². The monoisotopic (exact) mass is 151 g/mol. The van der Waals surface area contributed by atoms with Crippen molar-refractivity contribution >= 4 is 5.91 Å². The van der Waals surface area contributed by atoms with Crippen molar-refractivity contribution in [1.29, 1.82) is 0 Å². The van der Waals surface area contributed by atoms with Gasteiger partial charge < -0.3 is 5.11 Å². The lowest BCUT2D eigenvalue weighted by Crippen LogP contribution is -2.16. The molecule has 1 amide bonds. The minimum atomic E-state index is -0.478. The molecule has 11 heavy (non-hydrogen) atoms. The highest BCUT2D eigenvalue weighted by atomic mass is 16.3. The van der Waals surface area contributed by atoms with Gasteiger partial charge in [0.15, 0.2) is 0 Å². The second-order valence-corrected chi connectivity index (χ2v) is 1.85. The lowest BCUT2D eigenvalue weighted by Gasteiger charge is -1.95. The van der Waals surface area contributed by atoms with Gasteiger partial charge >= 0.3 is 0 Å². The van der Waals surface area contributed by atoms with Gasteiger partial charge in [0, 0.05) is 12.4 Å². The number of carbonyl (C=O) groups is 1. The smallest absolute Gasteiger partial charge is 0.276 e. The summed E-state index contributed by atoms with van der Waals surface area (Å²) in [6.45, 7) is -0.478. The van der Waals surface area contributed by atoms with Crippen LogP contribution < -0.4 is 5.32 Å². The number of pyridine rings is 1. The number of carbonyl (C=O) groups excluding carboxylic acids is 1. The average Bonchev–Trinajstić information content (AvgIpc) is 2.07. The Morgan fingerprint density at radius 3 is 3.09 bits per heavy atom. The summed E-state index contributed by atoms with van der Waals surface area (Å²) in [6.07, 6.45) is 2.97. The van der Waals surface area contributed by atoms with Gasteiger partial charge in [0.05, 0.1) is 5.56 Å². The van der Waals surface area contributed by atoms with Gasteiger partial charge in [-0.3, -0.25) is 9.78 Å². The number of hydrogen-bond donors (Lipinski definition) is 1. The quantitative estimate of drug-likeness (QED) is 0.635. The van der Waals surface area contributed by atoms with E-state index in [1.54, 1.807) is 18.3 Å². The van der Waals surface area contributed by atoms with E-state index in [-0.39, 0.29) is 0 Å². The third-order valence-electron chi connectivity index (χ3n) is 1.12. The maximum absolute atomic E-state index is 10.9. The standard InChI is InChI=1S/C7H7N2O2/c10-5-9-7(11)6-2-1-3-8-4-6/h1-4,10H,5H2. The second kappa shape index (κ2) is 3.68. The average molecular weight is 151 g/mol. The van der Waals surface area contributed by atoms with E-state index in [1.165, 1.54) is 6.20 Å². The molecule has 0 aromatic carbocycles. The highest BCUT2D eigenvalue weighted by Crippen LogP contribution is 1.94. The molecule has 0 aliphatic heterocycles. The number of nitrogens with zero attached hydrogens (tertiary/aromatic N) is 2. The Morgan fingerprint density at radius 1 is 1.73 bits per heavy atom. The first-order chi connectivity index (χ1) is 5.34.